The van der Waals surface area contributed by atoms with Crippen LogP contribution in [0.2, 0.25) is 0 Å². The maximum Gasteiger partial charge on any atom is 0.306 e. The molecule has 1 atom stereocenters. The van der Waals surface area contributed by atoms with Gasteiger partial charge in [0.05, 0.1) is 0 Å². The Morgan fingerprint density at radius 1 is 0.256 bits per heavy atom. The first-order chi connectivity index (χ1) is 40.5. The molecule has 0 aliphatic rings. The summed E-state index contributed by atoms with van der Waals surface area (Å²) in [6, 6.07) is 0. The second-order valence-corrected chi connectivity index (χ2v) is 23.8. The molecule has 6 heteroatoms. The van der Waals surface area contributed by atoms with Gasteiger partial charge in [0, 0.05) is 19.3 Å². The number of hydrogen-bond acceptors (Lipinski definition) is 6. The molecule has 6 nitrogen and oxygen atoms in total. The average Bonchev–Trinajstić information content (AvgIpc) is 3.47. The van der Waals surface area contributed by atoms with Gasteiger partial charge in [0.2, 0.25) is 0 Å². The van der Waals surface area contributed by atoms with Gasteiger partial charge in [-0.05, 0) is 96.3 Å². The van der Waals surface area contributed by atoms with Crippen LogP contribution < -0.4 is 0 Å². The summed E-state index contributed by atoms with van der Waals surface area (Å²) in [5.74, 6) is -0.872. The smallest absolute Gasteiger partial charge is 0.306 e. The first kappa shape index (κ1) is 78.6. The van der Waals surface area contributed by atoms with Gasteiger partial charge in [0.15, 0.2) is 6.10 Å². The number of carbonyl (C=O) groups excluding carboxylic acids is 3. The Bertz CT molecular complexity index is 1550. The molecule has 0 saturated carbocycles. The van der Waals surface area contributed by atoms with Crippen LogP contribution in [0.3, 0.4) is 0 Å². The van der Waals surface area contributed by atoms with Crippen molar-refractivity contribution in [3.05, 3.63) is 85.1 Å². The van der Waals surface area contributed by atoms with Crippen LogP contribution in [0.25, 0.3) is 0 Å². The summed E-state index contributed by atoms with van der Waals surface area (Å²) in [6.07, 6.45) is 93.2. The molecular weight excluding hydrogens is 1010 g/mol. The molecule has 0 bridgehead atoms. The van der Waals surface area contributed by atoms with Crippen LogP contribution in [-0.2, 0) is 28.6 Å². The highest BCUT2D eigenvalue weighted by Crippen LogP contribution is 2.18. The fourth-order valence-electron chi connectivity index (χ4n) is 10.3. The van der Waals surface area contributed by atoms with Crippen LogP contribution >= 0.6 is 0 Å². The molecule has 0 amide bonds. The third kappa shape index (κ3) is 67.4. The molecule has 0 aromatic heterocycles. The van der Waals surface area contributed by atoms with Gasteiger partial charge in [-0.2, -0.15) is 0 Å². The number of carbonyl (C=O) groups is 3. The Kier molecular flexibility index (Phi) is 67.2. The molecule has 0 N–H and O–H groups in total. The lowest BCUT2D eigenvalue weighted by atomic mass is 10.0. The van der Waals surface area contributed by atoms with Gasteiger partial charge in [-0.25, -0.2) is 0 Å². The number of allylic oxidation sites excluding steroid dienone is 14. The van der Waals surface area contributed by atoms with E-state index in [0.717, 1.165) is 103 Å². The van der Waals surface area contributed by atoms with E-state index >= 15 is 0 Å². The number of unbranched alkanes of at least 4 members (excludes halogenated alkanes) is 40. The normalized spacial score (nSPS) is 12.6. The fourth-order valence-corrected chi connectivity index (χ4v) is 10.3. The minimum Gasteiger partial charge on any atom is -0.462 e. The van der Waals surface area contributed by atoms with Crippen LogP contribution in [0, 0.1) is 0 Å². The molecule has 0 fully saturated rings. The van der Waals surface area contributed by atoms with Crippen molar-refractivity contribution in [1.29, 1.82) is 0 Å². The maximum atomic E-state index is 13.0. The third-order valence-corrected chi connectivity index (χ3v) is 15.6. The number of hydrogen-bond donors (Lipinski definition) is 0. The van der Waals surface area contributed by atoms with E-state index in [1.54, 1.807) is 0 Å². The topological polar surface area (TPSA) is 78.9 Å². The number of esters is 3. The summed E-state index contributed by atoms with van der Waals surface area (Å²) in [4.78, 5) is 38.5. The highest BCUT2D eigenvalue weighted by Gasteiger charge is 2.19. The van der Waals surface area contributed by atoms with Crippen molar-refractivity contribution in [2.24, 2.45) is 0 Å². The van der Waals surface area contributed by atoms with Crippen LogP contribution in [0.15, 0.2) is 85.1 Å². The van der Waals surface area contributed by atoms with Gasteiger partial charge < -0.3 is 14.2 Å². The van der Waals surface area contributed by atoms with E-state index in [1.807, 2.05) is 0 Å². The van der Waals surface area contributed by atoms with E-state index in [0.29, 0.717) is 19.3 Å². The molecule has 0 rings (SSSR count). The largest absolute Gasteiger partial charge is 0.462 e. The highest BCUT2D eigenvalue weighted by molar-refractivity contribution is 5.71. The molecule has 0 aliphatic carbocycles. The second-order valence-electron chi connectivity index (χ2n) is 23.8. The number of ether oxygens (including phenoxy) is 3. The first-order valence-corrected chi connectivity index (χ1v) is 35.6. The van der Waals surface area contributed by atoms with E-state index in [-0.39, 0.29) is 31.1 Å². The Hall–Kier alpha value is -3.41. The van der Waals surface area contributed by atoms with Gasteiger partial charge in [0.25, 0.3) is 0 Å². The maximum absolute atomic E-state index is 13.0. The molecule has 0 aliphatic heterocycles. The van der Waals surface area contributed by atoms with E-state index in [1.165, 1.54) is 218 Å². The van der Waals surface area contributed by atoms with E-state index < -0.39 is 6.10 Å². The molecule has 0 radical (unpaired) electrons. The van der Waals surface area contributed by atoms with Crippen molar-refractivity contribution in [2.45, 2.75) is 367 Å². The van der Waals surface area contributed by atoms with Gasteiger partial charge >= 0.3 is 17.9 Å². The molecule has 0 heterocycles. The molecular formula is C76H134O6. The van der Waals surface area contributed by atoms with Crippen molar-refractivity contribution >= 4 is 17.9 Å². The lowest BCUT2D eigenvalue weighted by Crippen LogP contribution is -2.30. The zero-order chi connectivity index (χ0) is 59.2. The quantitative estimate of drug-likeness (QED) is 0.0261. The lowest BCUT2D eigenvalue weighted by Gasteiger charge is -2.18. The lowest BCUT2D eigenvalue weighted by molar-refractivity contribution is -0.167. The molecule has 1 unspecified atom stereocenters. The van der Waals surface area contributed by atoms with Crippen LogP contribution in [0.5, 0.6) is 0 Å². The summed E-state index contributed by atoms with van der Waals surface area (Å²) in [5.41, 5.74) is 0. The molecule has 82 heavy (non-hydrogen) atoms. The average molecular weight is 1140 g/mol. The molecule has 0 aromatic rings. The standard InChI is InChI=1S/C76H134O6/c1-4-7-10-13-16-19-22-25-28-30-32-34-36-38-40-42-44-46-48-51-54-57-60-63-66-69-75(78)81-72-73(71-80-74(77)68-65-62-59-56-53-50-27-24-21-18-15-12-9-6-3)82-76(79)70-67-64-61-58-55-52-49-47-45-43-41-39-37-35-33-31-29-26-23-20-17-14-11-8-5-2/h7,10,16,19,25,28,31-34,38,40,44,46,73H,4-6,8-9,11-15,17-18,20-24,26-27,29-30,35-37,39,41-43,45,47-72H2,1-3H3/b10-7-,19-16-,28-25-,33-31-,34-32-,40-38-,46-44-. The summed E-state index contributed by atoms with van der Waals surface area (Å²) in [7, 11) is 0. The van der Waals surface area contributed by atoms with Crippen molar-refractivity contribution in [1.82, 2.24) is 0 Å². The second kappa shape index (κ2) is 70.1. The van der Waals surface area contributed by atoms with Gasteiger partial charge in [0.1, 0.15) is 13.2 Å². The monoisotopic (exact) mass is 1140 g/mol. The number of rotatable bonds is 65. The summed E-state index contributed by atoms with van der Waals surface area (Å²) < 4.78 is 17.0. The van der Waals surface area contributed by atoms with Crippen LogP contribution in [0.1, 0.15) is 361 Å². The van der Waals surface area contributed by atoms with Crippen molar-refractivity contribution in [3.8, 4) is 0 Å². The van der Waals surface area contributed by atoms with E-state index in [9.17, 15) is 14.4 Å². The van der Waals surface area contributed by atoms with E-state index in [4.69, 9.17) is 14.2 Å². The Labute approximate surface area is 509 Å². The Morgan fingerprint density at radius 2 is 0.476 bits per heavy atom. The van der Waals surface area contributed by atoms with Crippen molar-refractivity contribution in [2.75, 3.05) is 13.2 Å². The first-order valence-electron chi connectivity index (χ1n) is 35.6. The van der Waals surface area contributed by atoms with Crippen molar-refractivity contribution in [3.63, 3.8) is 0 Å². The Morgan fingerprint density at radius 3 is 0.756 bits per heavy atom. The van der Waals surface area contributed by atoms with Gasteiger partial charge in [-0.1, -0.05) is 331 Å². The minimum atomic E-state index is -0.783. The van der Waals surface area contributed by atoms with Crippen LogP contribution in [0.4, 0.5) is 0 Å². The molecule has 0 spiro atoms. The molecule has 474 valence electrons. The predicted molar refractivity (Wildman–Crippen MR) is 358 cm³/mol. The summed E-state index contributed by atoms with van der Waals surface area (Å²) in [6.45, 7) is 6.57. The van der Waals surface area contributed by atoms with Crippen molar-refractivity contribution < 1.29 is 28.6 Å². The Balaban J connectivity index is 4.33. The summed E-state index contributed by atoms with van der Waals surface area (Å²) >= 11 is 0. The third-order valence-electron chi connectivity index (χ3n) is 15.6. The van der Waals surface area contributed by atoms with Crippen LogP contribution in [-0.4, -0.2) is 37.2 Å². The van der Waals surface area contributed by atoms with Gasteiger partial charge in [-0.15, -0.1) is 0 Å². The van der Waals surface area contributed by atoms with E-state index in [2.05, 4.69) is 106 Å². The predicted octanol–water partition coefficient (Wildman–Crippen LogP) is 24.6. The minimum absolute atomic E-state index is 0.0773. The summed E-state index contributed by atoms with van der Waals surface area (Å²) in [5, 5.41) is 0. The molecule has 0 saturated heterocycles. The van der Waals surface area contributed by atoms with Gasteiger partial charge in [-0.3, -0.25) is 14.4 Å². The highest BCUT2D eigenvalue weighted by atomic mass is 16.6. The zero-order valence-electron chi connectivity index (χ0n) is 54.5. The molecule has 0 aromatic carbocycles. The zero-order valence-corrected chi connectivity index (χ0v) is 54.5. The fraction of sp³-hybridized carbons (Fsp3) is 0.776. The SMILES string of the molecule is CC/C=C\C/C=C\C/C=C\C/C=C\C/C=C\C/C=C\CCCCCCCCC(=O)OCC(COC(=O)CCCCCCCCCCCCCCCC)OC(=O)CCCCCCCCCCCCCCC/C=C\CCCCCCCCCC.